The van der Waals surface area contributed by atoms with E-state index in [-0.39, 0.29) is 50.7 Å². The van der Waals surface area contributed by atoms with Crippen molar-refractivity contribution in [1.29, 1.82) is 0 Å². The van der Waals surface area contributed by atoms with Gasteiger partial charge in [-0.25, -0.2) is 0 Å². The van der Waals surface area contributed by atoms with Crippen molar-refractivity contribution in [2.45, 2.75) is 34.1 Å². The van der Waals surface area contributed by atoms with Gasteiger partial charge in [0, 0.05) is 0 Å². The summed E-state index contributed by atoms with van der Waals surface area (Å²) in [6, 6.07) is 20.3. The number of benzene rings is 2. The monoisotopic (exact) mass is 564 g/mol. The van der Waals surface area contributed by atoms with E-state index < -0.39 is 0 Å². The average molecular weight is 564 g/mol. The summed E-state index contributed by atoms with van der Waals surface area (Å²) in [5, 5.41) is 0. The summed E-state index contributed by atoms with van der Waals surface area (Å²) in [4.78, 5) is 0. The van der Waals surface area contributed by atoms with Crippen molar-refractivity contribution in [3.05, 3.63) is 101 Å². The number of hydrogen-bond acceptors (Lipinski definition) is 0. The number of halogens is 2. The first-order valence-electron chi connectivity index (χ1n) is 8.36. The van der Waals surface area contributed by atoms with E-state index in [1.54, 1.807) is 0 Å². The molecule has 0 bridgehead atoms. The van der Waals surface area contributed by atoms with Crippen LogP contribution < -0.4 is 24.8 Å². The van der Waals surface area contributed by atoms with Crippen molar-refractivity contribution in [3.8, 4) is 11.1 Å². The van der Waals surface area contributed by atoms with E-state index in [0.29, 0.717) is 0 Å². The molecule has 0 spiro atoms. The van der Waals surface area contributed by atoms with E-state index in [0.717, 1.165) is 6.42 Å². The quantitative estimate of drug-likeness (QED) is 0.166. The zero-order valence-electron chi connectivity index (χ0n) is 16.5. The molecule has 4 rings (SSSR count). The smallest absolute Gasteiger partial charge is 1.00 e. The largest absolute Gasteiger partial charge is 4.00 e. The Labute approximate surface area is 196 Å². The fourth-order valence-corrected chi connectivity index (χ4v) is 3.13. The summed E-state index contributed by atoms with van der Waals surface area (Å²) in [7, 11) is 0. The van der Waals surface area contributed by atoms with Crippen LogP contribution >= 0.6 is 0 Å². The second kappa shape index (κ2) is 13.2. The minimum absolute atomic E-state index is 0. The van der Waals surface area contributed by atoms with Gasteiger partial charge in [0.15, 0.2) is 0 Å². The van der Waals surface area contributed by atoms with Gasteiger partial charge in [-0.15, -0.1) is 18.7 Å². The molecule has 0 fully saturated rings. The Kier molecular flexibility index (Phi) is 13.8. The first kappa shape index (κ1) is 28.2. The SMILES string of the molecule is C=C.Cc1c[c-](C)c(C)c1C.[Cl-].[Cl-].[Hf+4].[c-]1cccc2c1Cc1ccccc1-2. The van der Waals surface area contributed by atoms with Crippen LogP contribution in [0.15, 0.2) is 61.7 Å². The number of fused-ring (bicyclic) bond motifs is 3. The topological polar surface area (TPSA) is 0 Å². The first-order valence-corrected chi connectivity index (χ1v) is 8.36. The van der Waals surface area contributed by atoms with Crippen LogP contribution in [0.5, 0.6) is 0 Å². The molecule has 3 heteroatoms. The molecule has 0 atom stereocenters. The fourth-order valence-electron chi connectivity index (χ4n) is 3.13. The second-order valence-corrected chi connectivity index (χ2v) is 6.16. The molecule has 3 aromatic rings. The molecule has 0 heterocycles. The number of aryl methyl sites for hydroxylation is 2. The van der Waals surface area contributed by atoms with Crippen molar-refractivity contribution in [2.75, 3.05) is 0 Å². The van der Waals surface area contributed by atoms with Crippen LogP contribution in [0.3, 0.4) is 0 Å². The second-order valence-electron chi connectivity index (χ2n) is 6.16. The molecule has 1 aliphatic carbocycles. The van der Waals surface area contributed by atoms with Gasteiger partial charge in [0.1, 0.15) is 0 Å². The molecule has 0 unspecified atom stereocenters. The van der Waals surface area contributed by atoms with Gasteiger partial charge in [-0.05, 0) is 6.42 Å². The molecule has 3 aromatic carbocycles. The standard InChI is InChI=1S/C13H9.C9H13.C2H4.2ClH.Hf/c1-3-7-12-10(5-1)9-11-6-2-4-8-13(11)12;1-6-5-7(2)9(4)8(6)3;1-2;;;/h1-5,7-8H,9H2;5H,1-4H3;1-2H2;2*1H;/q2*-1;;;;+4/p-2. The van der Waals surface area contributed by atoms with Gasteiger partial charge in [-0.2, -0.15) is 58.1 Å². The molecule has 0 N–H and O–H groups in total. The zero-order valence-corrected chi connectivity index (χ0v) is 21.6. The van der Waals surface area contributed by atoms with Crippen molar-refractivity contribution in [1.82, 2.24) is 0 Å². The number of hydrogen-bond donors (Lipinski definition) is 0. The Morgan fingerprint density at radius 1 is 0.926 bits per heavy atom. The molecule has 0 amide bonds. The third-order valence-electron chi connectivity index (χ3n) is 4.80. The van der Waals surface area contributed by atoms with Crippen molar-refractivity contribution in [3.63, 3.8) is 0 Å². The Morgan fingerprint density at radius 2 is 1.52 bits per heavy atom. The van der Waals surface area contributed by atoms with Gasteiger partial charge in [-0.3, -0.25) is 0 Å². The summed E-state index contributed by atoms with van der Waals surface area (Å²) in [5.74, 6) is 0. The van der Waals surface area contributed by atoms with Crippen LogP contribution in [0.2, 0.25) is 0 Å². The van der Waals surface area contributed by atoms with E-state index in [2.05, 4.69) is 89.4 Å². The molecular formula is C24H26Cl2Hf. The molecule has 0 aromatic heterocycles. The van der Waals surface area contributed by atoms with E-state index in [1.165, 1.54) is 44.5 Å². The molecule has 0 nitrogen and oxygen atoms in total. The van der Waals surface area contributed by atoms with Crippen LogP contribution in [-0.2, 0) is 32.3 Å². The van der Waals surface area contributed by atoms with Crippen molar-refractivity contribution >= 4 is 0 Å². The summed E-state index contributed by atoms with van der Waals surface area (Å²) in [6.07, 6.45) is 1.05. The van der Waals surface area contributed by atoms with E-state index in [4.69, 9.17) is 0 Å². The molecule has 140 valence electrons. The molecule has 0 radical (unpaired) electrons. The molecule has 0 saturated heterocycles. The van der Waals surface area contributed by atoms with Gasteiger partial charge in [0.05, 0.1) is 0 Å². The Hall–Kier alpha value is -1.02. The molecule has 27 heavy (non-hydrogen) atoms. The van der Waals surface area contributed by atoms with Crippen LogP contribution in [0.1, 0.15) is 33.4 Å². The summed E-state index contributed by atoms with van der Waals surface area (Å²) >= 11 is 0. The average Bonchev–Trinajstić information content (AvgIpc) is 3.10. The van der Waals surface area contributed by atoms with Crippen molar-refractivity contribution in [2.24, 2.45) is 0 Å². The maximum absolute atomic E-state index is 3.30. The van der Waals surface area contributed by atoms with Crippen LogP contribution in [-0.4, -0.2) is 0 Å². The van der Waals surface area contributed by atoms with Gasteiger partial charge >= 0.3 is 25.8 Å². The maximum atomic E-state index is 3.30. The van der Waals surface area contributed by atoms with Gasteiger partial charge < -0.3 is 24.8 Å². The number of rotatable bonds is 0. The van der Waals surface area contributed by atoms with Crippen LogP contribution in [0, 0.1) is 33.8 Å². The Bertz CT molecular complexity index is 768. The zero-order chi connectivity index (χ0) is 17.7. The summed E-state index contributed by atoms with van der Waals surface area (Å²) < 4.78 is 0. The third-order valence-corrected chi connectivity index (χ3v) is 4.80. The van der Waals surface area contributed by atoms with Gasteiger partial charge in [0.2, 0.25) is 0 Å². The minimum atomic E-state index is 0. The summed E-state index contributed by atoms with van der Waals surface area (Å²) in [6.45, 7) is 14.7. The Morgan fingerprint density at radius 3 is 2.04 bits per heavy atom. The Balaban J connectivity index is 0. The van der Waals surface area contributed by atoms with Gasteiger partial charge in [0.25, 0.3) is 0 Å². The van der Waals surface area contributed by atoms with Crippen LogP contribution in [0.4, 0.5) is 0 Å². The predicted octanol–water partition coefficient (Wildman–Crippen LogP) is 0.505. The molecular weight excluding hydrogens is 538 g/mol. The normalized spacial score (nSPS) is 9.48. The van der Waals surface area contributed by atoms with Gasteiger partial charge in [-0.1, -0.05) is 63.1 Å². The van der Waals surface area contributed by atoms with Crippen LogP contribution in [0.25, 0.3) is 11.1 Å². The first-order chi connectivity index (χ1) is 11.6. The van der Waals surface area contributed by atoms with E-state index in [9.17, 15) is 0 Å². The van der Waals surface area contributed by atoms with E-state index in [1.807, 2.05) is 6.07 Å². The maximum Gasteiger partial charge on any atom is 4.00 e. The molecule has 0 saturated carbocycles. The third kappa shape index (κ3) is 6.52. The fraction of sp³-hybridized carbons (Fsp3) is 0.208. The minimum Gasteiger partial charge on any atom is -1.00 e. The predicted molar refractivity (Wildman–Crippen MR) is 106 cm³/mol. The molecule has 1 aliphatic rings. The van der Waals surface area contributed by atoms with E-state index >= 15 is 0 Å². The summed E-state index contributed by atoms with van der Waals surface area (Å²) in [5.41, 5.74) is 11.3. The molecule has 0 aliphatic heterocycles. The van der Waals surface area contributed by atoms with Crippen molar-refractivity contribution < 1.29 is 50.7 Å².